The predicted molar refractivity (Wildman–Crippen MR) is 103 cm³/mol. The Hall–Kier alpha value is -2.83. The maximum absolute atomic E-state index is 12.5. The van der Waals surface area contributed by atoms with Crippen LogP contribution in [0.3, 0.4) is 0 Å². The van der Waals surface area contributed by atoms with Crippen molar-refractivity contribution in [3.05, 3.63) is 75.1 Å². The van der Waals surface area contributed by atoms with Gasteiger partial charge in [-0.3, -0.25) is 4.79 Å². The molecule has 1 N–H and O–H groups in total. The Morgan fingerprint density at radius 3 is 2.67 bits per heavy atom. The minimum absolute atomic E-state index is 0.0928. The number of rotatable bonds is 6. The lowest BCUT2D eigenvalue weighted by Crippen LogP contribution is -2.32. The molecule has 0 bridgehead atoms. The maximum Gasteiger partial charge on any atom is 0.349 e. The molecule has 0 aliphatic rings. The molecule has 0 saturated heterocycles. The summed E-state index contributed by atoms with van der Waals surface area (Å²) >= 11 is 6.18. The second-order valence-corrected chi connectivity index (χ2v) is 6.19. The molecule has 3 aromatic rings. The molecule has 0 aliphatic heterocycles. The van der Waals surface area contributed by atoms with Gasteiger partial charge in [-0.2, -0.15) is 0 Å². The molecule has 1 unspecified atom stereocenters. The third kappa shape index (κ3) is 3.97. The van der Waals surface area contributed by atoms with Gasteiger partial charge in [0.1, 0.15) is 11.7 Å². The van der Waals surface area contributed by atoms with Gasteiger partial charge in [-0.15, -0.1) is 0 Å². The number of hydrogen-bond acceptors (Lipinski definition) is 5. The van der Waals surface area contributed by atoms with Gasteiger partial charge in [0.2, 0.25) is 0 Å². The first kappa shape index (κ1) is 18.9. The lowest BCUT2D eigenvalue weighted by molar-refractivity contribution is 0.0825. The van der Waals surface area contributed by atoms with Gasteiger partial charge in [-0.05, 0) is 18.2 Å². The summed E-state index contributed by atoms with van der Waals surface area (Å²) in [6.45, 7) is 0.147. The van der Waals surface area contributed by atoms with Gasteiger partial charge < -0.3 is 19.2 Å². The Kier molecular flexibility index (Phi) is 5.78. The van der Waals surface area contributed by atoms with E-state index in [0.29, 0.717) is 21.7 Å². The number of carbonyl (C=O) groups excluding carboxylic acids is 1. The molecule has 1 amide bonds. The van der Waals surface area contributed by atoms with E-state index < -0.39 is 17.6 Å². The Morgan fingerprint density at radius 2 is 1.96 bits per heavy atom. The largest absolute Gasteiger partial charge is 0.493 e. The molecule has 1 heterocycles. The molecule has 0 radical (unpaired) electrons. The average molecular weight is 388 g/mol. The number of hydrogen-bond donors (Lipinski definition) is 1. The van der Waals surface area contributed by atoms with Gasteiger partial charge in [-0.1, -0.05) is 41.9 Å². The average Bonchev–Trinajstić information content (AvgIpc) is 2.68. The highest BCUT2D eigenvalue weighted by Gasteiger charge is 2.19. The molecule has 2 aromatic carbocycles. The van der Waals surface area contributed by atoms with Crippen LogP contribution in [0.1, 0.15) is 22.0 Å². The molecule has 0 aliphatic carbocycles. The molecule has 7 heteroatoms. The SMILES string of the molecule is COc1cccc2cc(C(=O)NCC(OC)c3ccccc3Cl)c(=O)oc12. The van der Waals surface area contributed by atoms with Crippen molar-refractivity contribution in [1.29, 1.82) is 0 Å². The minimum atomic E-state index is -0.740. The summed E-state index contributed by atoms with van der Waals surface area (Å²) < 4.78 is 15.9. The summed E-state index contributed by atoms with van der Waals surface area (Å²) in [5, 5.41) is 3.83. The number of para-hydroxylation sites is 1. The third-order valence-electron chi connectivity index (χ3n) is 4.17. The number of methoxy groups -OCH3 is 2. The lowest BCUT2D eigenvalue weighted by Gasteiger charge is -2.17. The van der Waals surface area contributed by atoms with E-state index in [-0.39, 0.29) is 12.1 Å². The van der Waals surface area contributed by atoms with E-state index in [0.717, 1.165) is 5.56 Å². The quantitative estimate of drug-likeness (QED) is 0.654. The second-order valence-electron chi connectivity index (χ2n) is 5.78. The molecule has 1 aromatic heterocycles. The fourth-order valence-corrected chi connectivity index (χ4v) is 3.03. The first-order chi connectivity index (χ1) is 13.0. The van der Waals surface area contributed by atoms with E-state index in [1.54, 1.807) is 24.3 Å². The predicted octanol–water partition coefficient (Wildman–Crippen LogP) is 3.57. The third-order valence-corrected chi connectivity index (χ3v) is 4.52. The van der Waals surface area contributed by atoms with Crippen LogP contribution in [-0.2, 0) is 4.74 Å². The molecule has 6 nitrogen and oxygen atoms in total. The van der Waals surface area contributed by atoms with Crippen LogP contribution in [0.25, 0.3) is 11.0 Å². The van der Waals surface area contributed by atoms with Crippen molar-refractivity contribution in [2.45, 2.75) is 6.10 Å². The summed E-state index contributed by atoms with van der Waals surface area (Å²) in [6, 6.07) is 13.9. The van der Waals surface area contributed by atoms with Gasteiger partial charge in [-0.25, -0.2) is 4.79 Å². The standard InChI is InChI=1S/C20H18ClNO5/c1-25-16-9-5-6-12-10-14(20(24)27-18(12)16)19(23)22-11-17(26-2)13-7-3-4-8-15(13)21/h3-10,17H,11H2,1-2H3,(H,22,23). The van der Waals surface area contributed by atoms with E-state index in [9.17, 15) is 9.59 Å². The highest BCUT2D eigenvalue weighted by Crippen LogP contribution is 2.25. The molecule has 0 saturated carbocycles. The zero-order chi connectivity index (χ0) is 19.4. The zero-order valence-corrected chi connectivity index (χ0v) is 15.6. The van der Waals surface area contributed by atoms with Crippen molar-refractivity contribution in [3.8, 4) is 5.75 Å². The molecule has 1 atom stereocenters. The molecule has 140 valence electrons. The zero-order valence-electron chi connectivity index (χ0n) is 14.8. The Morgan fingerprint density at radius 1 is 1.19 bits per heavy atom. The van der Waals surface area contributed by atoms with Crippen molar-refractivity contribution in [2.24, 2.45) is 0 Å². The van der Waals surface area contributed by atoms with Crippen LogP contribution in [0.15, 0.2) is 57.7 Å². The minimum Gasteiger partial charge on any atom is -0.493 e. The normalized spacial score (nSPS) is 12.0. The fourth-order valence-electron chi connectivity index (χ4n) is 2.77. The van der Waals surface area contributed by atoms with E-state index in [2.05, 4.69) is 5.32 Å². The van der Waals surface area contributed by atoms with E-state index in [1.165, 1.54) is 20.3 Å². The number of benzene rings is 2. The molecule has 0 spiro atoms. The summed E-state index contributed by atoms with van der Waals surface area (Å²) in [5.41, 5.74) is 0.214. The van der Waals surface area contributed by atoms with Crippen LogP contribution in [0, 0.1) is 0 Å². The molecule has 3 rings (SSSR count). The smallest absolute Gasteiger partial charge is 0.349 e. The summed E-state index contributed by atoms with van der Waals surface area (Å²) in [6.07, 6.45) is -0.449. The summed E-state index contributed by atoms with van der Waals surface area (Å²) in [5.74, 6) is -0.128. The van der Waals surface area contributed by atoms with E-state index in [1.807, 2.05) is 18.2 Å². The van der Waals surface area contributed by atoms with Gasteiger partial charge in [0.15, 0.2) is 11.3 Å². The van der Waals surface area contributed by atoms with Crippen molar-refractivity contribution in [3.63, 3.8) is 0 Å². The number of amides is 1. The van der Waals surface area contributed by atoms with Crippen molar-refractivity contribution >= 4 is 28.5 Å². The molecule has 0 fully saturated rings. The molecular formula is C20H18ClNO5. The van der Waals surface area contributed by atoms with Gasteiger partial charge in [0.25, 0.3) is 5.91 Å². The number of ether oxygens (including phenoxy) is 2. The topological polar surface area (TPSA) is 77.8 Å². The number of carbonyl (C=O) groups is 1. The van der Waals surface area contributed by atoms with Gasteiger partial charge in [0, 0.05) is 29.6 Å². The fraction of sp³-hybridized carbons (Fsp3) is 0.200. The lowest BCUT2D eigenvalue weighted by atomic mass is 10.1. The maximum atomic E-state index is 12.5. The van der Waals surface area contributed by atoms with Crippen molar-refractivity contribution in [2.75, 3.05) is 20.8 Å². The monoisotopic (exact) mass is 387 g/mol. The van der Waals surface area contributed by atoms with Crippen LogP contribution in [0.5, 0.6) is 5.75 Å². The van der Waals surface area contributed by atoms with Gasteiger partial charge >= 0.3 is 5.63 Å². The van der Waals surface area contributed by atoms with E-state index >= 15 is 0 Å². The van der Waals surface area contributed by atoms with Crippen LogP contribution in [0.4, 0.5) is 0 Å². The Bertz CT molecular complexity index is 1030. The van der Waals surface area contributed by atoms with Gasteiger partial charge in [0.05, 0.1) is 7.11 Å². The van der Waals surface area contributed by atoms with Crippen LogP contribution >= 0.6 is 11.6 Å². The van der Waals surface area contributed by atoms with Crippen LogP contribution in [0.2, 0.25) is 5.02 Å². The summed E-state index contributed by atoms with van der Waals surface area (Å²) in [7, 11) is 3.01. The molecular weight excluding hydrogens is 370 g/mol. The van der Waals surface area contributed by atoms with Crippen molar-refractivity contribution < 1.29 is 18.7 Å². The van der Waals surface area contributed by atoms with Crippen LogP contribution in [-0.4, -0.2) is 26.7 Å². The molecule has 27 heavy (non-hydrogen) atoms. The first-order valence-corrected chi connectivity index (χ1v) is 8.59. The van der Waals surface area contributed by atoms with Crippen LogP contribution < -0.4 is 15.7 Å². The number of nitrogens with one attached hydrogen (secondary N) is 1. The Balaban J connectivity index is 1.83. The highest BCUT2D eigenvalue weighted by atomic mass is 35.5. The number of fused-ring (bicyclic) bond motifs is 1. The highest BCUT2D eigenvalue weighted by molar-refractivity contribution is 6.31. The van der Waals surface area contributed by atoms with Crippen molar-refractivity contribution in [1.82, 2.24) is 5.32 Å². The summed E-state index contributed by atoms with van der Waals surface area (Å²) in [4.78, 5) is 24.8. The van der Waals surface area contributed by atoms with E-state index in [4.69, 9.17) is 25.5 Å². The number of halogens is 1. The second kappa shape index (κ2) is 8.24. The Labute approximate surface area is 160 Å². The first-order valence-electron chi connectivity index (χ1n) is 8.21.